The van der Waals surface area contributed by atoms with Gasteiger partial charge in [0.1, 0.15) is 17.1 Å². The van der Waals surface area contributed by atoms with Gasteiger partial charge in [-0.2, -0.15) is 0 Å². The number of amides is 1. The van der Waals surface area contributed by atoms with E-state index in [1.807, 2.05) is 26.8 Å². The van der Waals surface area contributed by atoms with Crippen molar-refractivity contribution in [1.82, 2.24) is 9.88 Å². The zero-order valence-corrected chi connectivity index (χ0v) is 20.8. The SMILES string of the molecule is CCCCOc1c(CNC(=O)OC(C)(C)C)n(CC(C)(C)C)c(=O)c2ccc(OC)cc12. The molecule has 0 bridgehead atoms. The van der Waals surface area contributed by atoms with E-state index in [-0.39, 0.29) is 17.5 Å². The summed E-state index contributed by atoms with van der Waals surface area (Å²) in [6.45, 7) is 14.8. The van der Waals surface area contributed by atoms with Crippen molar-refractivity contribution in [3.05, 3.63) is 34.2 Å². The van der Waals surface area contributed by atoms with Crippen LogP contribution in [-0.4, -0.2) is 30.0 Å². The number of alkyl carbamates (subject to hydrolysis) is 1. The second-order valence-electron chi connectivity index (χ2n) is 10.2. The van der Waals surface area contributed by atoms with Crippen molar-refractivity contribution in [2.24, 2.45) is 5.41 Å². The van der Waals surface area contributed by atoms with Gasteiger partial charge in [-0.3, -0.25) is 4.79 Å². The average molecular weight is 447 g/mol. The van der Waals surface area contributed by atoms with Gasteiger partial charge in [0.2, 0.25) is 0 Å². The summed E-state index contributed by atoms with van der Waals surface area (Å²) in [6.07, 6.45) is 1.31. The molecule has 7 heteroatoms. The quantitative estimate of drug-likeness (QED) is 0.560. The Morgan fingerprint density at radius 2 is 1.78 bits per heavy atom. The fraction of sp³-hybridized carbons (Fsp3) is 0.600. The fourth-order valence-electron chi connectivity index (χ4n) is 3.34. The Bertz CT molecular complexity index is 997. The highest BCUT2D eigenvalue weighted by Crippen LogP contribution is 2.32. The first-order valence-corrected chi connectivity index (χ1v) is 11.2. The number of fused-ring (bicyclic) bond motifs is 1. The molecule has 1 heterocycles. The van der Waals surface area contributed by atoms with Crippen molar-refractivity contribution >= 4 is 16.9 Å². The molecule has 0 aliphatic rings. The molecule has 0 fully saturated rings. The molecule has 1 amide bonds. The third kappa shape index (κ3) is 6.90. The maximum absolute atomic E-state index is 13.5. The molecule has 0 aliphatic heterocycles. The Hall–Kier alpha value is -2.70. The molecule has 0 unspecified atom stereocenters. The maximum Gasteiger partial charge on any atom is 0.407 e. The van der Waals surface area contributed by atoms with Gasteiger partial charge < -0.3 is 24.1 Å². The summed E-state index contributed by atoms with van der Waals surface area (Å²) in [5.41, 5.74) is -0.286. The van der Waals surface area contributed by atoms with Gasteiger partial charge in [0.15, 0.2) is 0 Å². The number of ether oxygens (including phenoxy) is 3. The van der Waals surface area contributed by atoms with Crippen LogP contribution in [0.3, 0.4) is 0 Å². The van der Waals surface area contributed by atoms with Crippen LogP contribution < -0.4 is 20.3 Å². The van der Waals surface area contributed by atoms with E-state index in [9.17, 15) is 9.59 Å². The van der Waals surface area contributed by atoms with Gasteiger partial charge in [-0.1, -0.05) is 34.1 Å². The lowest BCUT2D eigenvalue weighted by Crippen LogP contribution is -2.36. The Kier molecular flexibility index (Phi) is 8.21. The normalized spacial score (nSPS) is 12.0. The molecular weight excluding hydrogens is 408 g/mol. The molecule has 7 nitrogen and oxygen atoms in total. The van der Waals surface area contributed by atoms with Crippen LogP contribution in [0.5, 0.6) is 11.5 Å². The Labute approximate surface area is 191 Å². The van der Waals surface area contributed by atoms with E-state index in [4.69, 9.17) is 14.2 Å². The molecule has 2 rings (SSSR count). The predicted molar refractivity (Wildman–Crippen MR) is 128 cm³/mol. The summed E-state index contributed by atoms with van der Waals surface area (Å²) in [4.78, 5) is 25.9. The van der Waals surface area contributed by atoms with Gasteiger partial charge in [-0.25, -0.2) is 4.79 Å². The summed E-state index contributed by atoms with van der Waals surface area (Å²) < 4.78 is 18.7. The number of methoxy groups -OCH3 is 1. The van der Waals surface area contributed by atoms with E-state index in [1.54, 1.807) is 23.8 Å². The molecule has 1 aromatic heterocycles. The molecule has 0 spiro atoms. The molecule has 178 valence electrons. The first-order valence-electron chi connectivity index (χ1n) is 11.2. The second kappa shape index (κ2) is 10.3. The molecule has 0 atom stereocenters. The first kappa shape index (κ1) is 25.6. The van der Waals surface area contributed by atoms with E-state index in [0.717, 1.165) is 12.8 Å². The van der Waals surface area contributed by atoms with Gasteiger partial charge in [0.05, 0.1) is 31.3 Å². The zero-order chi connectivity index (χ0) is 24.1. The number of aromatic nitrogens is 1. The first-order chi connectivity index (χ1) is 14.9. The number of carbonyl (C=O) groups excluding carboxylic acids is 1. The van der Waals surface area contributed by atoms with Crippen molar-refractivity contribution < 1.29 is 19.0 Å². The number of unbranched alkanes of at least 4 members (excludes halogenated alkanes) is 1. The van der Waals surface area contributed by atoms with Crippen LogP contribution in [0.15, 0.2) is 23.0 Å². The van der Waals surface area contributed by atoms with Crippen LogP contribution in [0, 0.1) is 5.41 Å². The number of nitrogens with one attached hydrogen (secondary N) is 1. The zero-order valence-electron chi connectivity index (χ0n) is 20.8. The number of nitrogens with zero attached hydrogens (tertiary/aromatic N) is 1. The van der Waals surface area contributed by atoms with Crippen molar-refractivity contribution in [3.8, 4) is 11.5 Å². The monoisotopic (exact) mass is 446 g/mol. The molecule has 1 aromatic carbocycles. The van der Waals surface area contributed by atoms with E-state index in [0.29, 0.717) is 41.1 Å². The highest BCUT2D eigenvalue weighted by Gasteiger charge is 2.24. The van der Waals surface area contributed by atoms with Gasteiger partial charge in [0, 0.05) is 11.9 Å². The van der Waals surface area contributed by atoms with Gasteiger partial charge >= 0.3 is 6.09 Å². The lowest BCUT2D eigenvalue weighted by atomic mass is 9.96. The van der Waals surface area contributed by atoms with E-state index < -0.39 is 11.7 Å². The Balaban J connectivity index is 2.67. The van der Waals surface area contributed by atoms with Crippen LogP contribution in [0.4, 0.5) is 4.79 Å². The van der Waals surface area contributed by atoms with Crippen molar-refractivity contribution in [3.63, 3.8) is 0 Å². The molecule has 0 aliphatic carbocycles. The minimum Gasteiger partial charge on any atom is -0.497 e. The van der Waals surface area contributed by atoms with Crippen LogP contribution >= 0.6 is 0 Å². The molecule has 0 saturated carbocycles. The fourth-order valence-corrected chi connectivity index (χ4v) is 3.34. The van der Waals surface area contributed by atoms with E-state index in [1.165, 1.54) is 0 Å². The smallest absolute Gasteiger partial charge is 0.407 e. The molecule has 0 saturated heterocycles. The number of pyridine rings is 1. The van der Waals surface area contributed by atoms with Gasteiger partial charge in [-0.15, -0.1) is 0 Å². The van der Waals surface area contributed by atoms with Crippen LogP contribution in [-0.2, 0) is 17.8 Å². The molecule has 1 N–H and O–H groups in total. The summed E-state index contributed by atoms with van der Waals surface area (Å²) in [7, 11) is 1.59. The summed E-state index contributed by atoms with van der Waals surface area (Å²) >= 11 is 0. The lowest BCUT2D eigenvalue weighted by molar-refractivity contribution is 0.0521. The highest BCUT2D eigenvalue weighted by molar-refractivity contribution is 5.89. The van der Waals surface area contributed by atoms with Crippen molar-refractivity contribution in [2.75, 3.05) is 13.7 Å². The second-order valence-corrected chi connectivity index (χ2v) is 10.2. The van der Waals surface area contributed by atoms with E-state index >= 15 is 0 Å². The Morgan fingerprint density at radius 3 is 2.34 bits per heavy atom. The largest absolute Gasteiger partial charge is 0.497 e. The standard InChI is InChI=1S/C25H38N2O5/c1-9-10-13-31-21-19-14-17(30-8)11-12-18(19)22(28)27(16-24(2,3)4)20(21)15-26-23(29)32-25(5,6)7/h11-12,14H,9-10,13,15-16H2,1-8H3,(H,26,29). The Morgan fingerprint density at radius 1 is 1.09 bits per heavy atom. The average Bonchev–Trinajstić information content (AvgIpc) is 2.67. The number of rotatable bonds is 8. The minimum atomic E-state index is -0.619. The number of hydrogen-bond donors (Lipinski definition) is 1. The summed E-state index contributed by atoms with van der Waals surface area (Å²) in [5.74, 6) is 1.23. The van der Waals surface area contributed by atoms with E-state index in [2.05, 4.69) is 33.0 Å². The van der Waals surface area contributed by atoms with Crippen LogP contribution in [0.1, 0.15) is 67.0 Å². The predicted octanol–water partition coefficient (Wildman–Crippen LogP) is 5.26. The highest BCUT2D eigenvalue weighted by atomic mass is 16.6. The van der Waals surface area contributed by atoms with Gasteiger partial charge in [-0.05, 0) is 50.8 Å². The third-order valence-electron chi connectivity index (χ3n) is 4.71. The number of benzene rings is 1. The lowest BCUT2D eigenvalue weighted by Gasteiger charge is -2.26. The third-order valence-corrected chi connectivity index (χ3v) is 4.71. The summed E-state index contributed by atoms with van der Waals surface area (Å²) in [6, 6.07) is 5.36. The molecule has 2 aromatic rings. The van der Waals surface area contributed by atoms with Crippen LogP contribution in [0.25, 0.3) is 10.8 Å². The van der Waals surface area contributed by atoms with Crippen LogP contribution in [0.2, 0.25) is 0 Å². The van der Waals surface area contributed by atoms with Crippen molar-refractivity contribution in [1.29, 1.82) is 0 Å². The van der Waals surface area contributed by atoms with Crippen molar-refractivity contribution in [2.45, 2.75) is 80.0 Å². The molecule has 32 heavy (non-hydrogen) atoms. The number of carbonyl (C=O) groups is 1. The van der Waals surface area contributed by atoms with Gasteiger partial charge in [0.25, 0.3) is 5.56 Å². The number of hydrogen-bond acceptors (Lipinski definition) is 5. The minimum absolute atomic E-state index is 0.106. The molecule has 0 radical (unpaired) electrons. The summed E-state index contributed by atoms with van der Waals surface area (Å²) in [5, 5.41) is 4.04. The topological polar surface area (TPSA) is 78.8 Å². The molecular formula is C25H38N2O5. The maximum atomic E-state index is 13.5.